The highest BCUT2D eigenvalue weighted by molar-refractivity contribution is 7.90. The first kappa shape index (κ1) is 51.3. The molecule has 4 aromatic rings. The minimum Gasteiger partial charge on any atom is -0.481 e. The number of halogens is 2. The van der Waals surface area contributed by atoms with Crippen molar-refractivity contribution in [3.8, 4) is 29.9 Å². The number of methoxy groups -OCH3 is 2. The molecule has 0 unspecified atom stereocenters. The molecule has 26 heteroatoms. The third-order valence-corrected chi connectivity index (χ3v) is 10.9. The Balaban J connectivity index is 0.000000201. The van der Waals surface area contributed by atoms with Crippen LogP contribution in [0.3, 0.4) is 0 Å². The molecule has 2 aliphatic heterocycles. The summed E-state index contributed by atoms with van der Waals surface area (Å²) in [5.74, 6) is 0.737. The summed E-state index contributed by atoms with van der Waals surface area (Å²) >= 11 is 5.73. The van der Waals surface area contributed by atoms with Gasteiger partial charge >= 0.3 is 6.03 Å². The third-order valence-electron chi connectivity index (χ3n) is 9.42. The highest BCUT2D eigenvalue weighted by atomic mass is 35.5. The van der Waals surface area contributed by atoms with E-state index in [1.165, 1.54) is 68.6 Å². The van der Waals surface area contributed by atoms with Crippen molar-refractivity contribution in [2.45, 2.75) is 57.5 Å². The second kappa shape index (κ2) is 22.7. The van der Waals surface area contributed by atoms with Crippen molar-refractivity contribution in [1.29, 1.82) is 0 Å². The van der Waals surface area contributed by atoms with Gasteiger partial charge in [0, 0.05) is 50.1 Å². The minimum atomic E-state index is -4.46. The quantitative estimate of drug-likeness (QED) is 0.116. The van der Waals surface area contributed by atoms with Gasteiger partial charge in [0.25, 0.3) is 33.7 Å². The lowest BCUT2D eigenvalue weighted by atomic mass is 9.93. The molecule has 1 aliphatic carbocycles. The Bertz CT molecular complexity index is 2740. The van der Waals surface area contributed by atoms with Crippen LogP contribution in [-0.4, -0.2) is 127 Å². The van der Waals surface area contributed by atoms with Gasteiger partial charge in [-0.05, 0) is 76.3 Å². The number of pyridine rings is 1. The summed E-state index contributed by atoms with van der Waals surface area (Å²) in [7, 11) is 1.15. The van der Waals surface area contributed by atoms with Crippen molar-refractivity contribution >= 4 is 80.5 Å². The zero-order valence-electron chi connectivity index (χ0n) is 37.8. The molecule has 1 aromatic carbocycles. The lowest BCUT2D eigenvalue weighted by Crippen LogP contribution is -2.39. The smallest absolute Gasteiger partial charge is 0.335 e. The number of anilines is 5. The molecule has 0 spiro atoms. The summed E-state index contributed by atoms with van der Waals surface area (Å²) in [4.78, 5) is 88.5. The first-order chi connectivity index (χ1) is 32.3. The van der Waals surface area contributed by atoms with E-state index in [1.807, 2.05) is 20.8 Å². The summed E-state index contributed by atoms with van der Waals surface area (Å²) in [6.07, 6.45) is 9.20. The number of imide groups is 1. The van der Waals surface area contributed by atoms with Crippen LogP contribution in [0.15, 0.2) is 52.7 Å². The van der Waals surface area contributed by atoms with Gasteiger partial charge in [-0.2, -0.15) is 33.3 Å². The largest absolute Gasteiger partial charge is 0.481 e. The molecular weight excluding hydrogens is 933 g/mol. The normalized spacial score (nSPS) is 13.9. The maximum atomic E-state index is 14.7. The number of amides is 6. The lowest BCUT2D eigenvalue weighted by Gasteiger charge is -2.29. The van der Waals surface area contributed by atoms with Crippen molar-refractivity contribution in [2.75, 3.05) is 73.8 Å². The number of ether oxygens (including phenoxy) is 3. The number of carbonyl (C=O) groups is 5. The van der Waals surface area contributed by atoms with Gasteiger partial charge in [0.1, 0.15) is 5.75 Å². The summed E-state index contributed by atoms with van der Waals surface area (Å²) in [6.45, 7) is 6.46. The van der Waals surface area contributed by atoms with Crippen molar-refractivity contribution in [3.05, 3.63) is 64.3 Å². The van der Waals surface area contributed by atoms with Gasteiger partial charge in [0.05, 0.1) is 43.8 Å². The molecule has 7 rings (SSSR count). The number of hydrogen-bond donors (Lipinski definition) is 4. The van der Waals surface area contributed by atoms with Gasteiger partial charge < -0.3 is 29.7 Å². The monoisotopic (exact) mass is 979 g/mol. The standard InChI is InChI=1S/C19H15FN2O4.C15H18N6O6S.C8H14ClN5/c1-2-7-21-15-9-14(13(20)8-16(15)26-10-17(21)23)22-18(24)11-5-3-4-6-12(11)19(22)25;1-21(2)13(22)9-6-5-7-16-12(9)28(24,25)20-15(23)19-14-17-10(26-3)8-11(18-14)27-4;1-4-10-7-12-6(9)13-8(14-7)11-5(2)3/h1,8-9H,3-7,10H2;5-8H,1-4H3,(H2,17,18,19,20,23);5H,4H2,1-3H3,(H2,10,11,12,13,14). The molecule has 5 heterocycles. The van der Waals surface area contributed by atoms with Gasteiger partial charge in [0.2, 0.25) is 34.9 Å². The second-order valence-electron chi connectivity index (χ2n) is 14.8. The van der Waals surface area contributed by atoms with Crippen LogP contribution in [0.5, 0.6) is 17.5 Å². The highest BCUT2D eigenvalue weighted by Gasteiger charge is 2.42. The van der Waals surface area contributed by atoms with Crippen LogP contribution in [0.25, 0.3) is 0 Å². The van der Waals surface area contributed by atoms with E-state index in [0.29, 0.717) is 35.9 Å². The number of hydrogen-bond acceptors (Lipinski definition) is 18. The number of fused-ring (bicyclic) bond motifs is 1. The van der Waals surface area contributed by atoms with E-state index in [-0.39, 0.29) is 70.8 Å². The van der Waals surface area contributed by atoms with Gasteiger partial charge in [-0.3, -0.25) is 29.4 Å². The lowest BCUT2D eigenvalue weighted by molar-refractivity contribution is -0.121. The summed E-state index contributed by atoms with van der Waals surface area (Å²) in [5.41, 5.74) is 0.805. The van der Waals surface area contributed by atoms with E-state index >= 15 is 0 Å². The van der Waals surface area contributed by atoms with Gasteiger partial charge in [-0.15, -0.1) is 6.42 Å². The predicted molar refractivity (Wildman–Crippen MR) is 246 cm³/mol. The topological polar surface area (TPSA) is 282 Å². The Morgan fingerprint density at radius 3 is 2.16 bits per heavy atom. The van der Waals surface area contributed by atoms with Crippen molar-refractivity contribution in [1.82, 2.24) is 39.5 Å². The Hall–Kier alpha value is -7.72. The maximum absolute atomic E-state index is 14.7. The van der Waals surface area contributed by atoms with Crippen LogP contribution in [0, 0.1) is 18.2 Å². The van der Waals surface area contributed by atoms with Crippen LogP contribution < -0.4 is 44.7 Å². The fraction of sp³-hybridized carbons (Fsp3) is 0.357. The number of carbonyl (C=O) groups excluding carboxylic acids is 5. The van der Waals surface area contributed by atoms with E-state index in [1.54, 1.807) is 4.72 Å². The van der Waals surface area contributed by atoms with Crippen LogP contribution in [-0.2, 0) is 24.4 Å². The molecule has 0 fully saturated rings. The van der Waals surface area contributed by atoms with Gasteiger partial charge in [-0.1, -0.05) is 5.92 Å². The number of nitrogens with zero attached hydrogens (tertiary/aromatic N) is 9. The molecule has 0 saturated heterocycles. The highest BCUT2D eigenvalue weighted by Crippen LogP contribution is 2.41. The van der Waals surface area contributed by atoms with Gasteiger partial charge in [-0.25, -0.2) is 23.8 Å². The number of sulfonamides is 1. The Kier molecular flexibility index (Phi) is 17.1. The molecule has 0 radical (unpaired) electrons. The van der Waals surface area contributed by atoms with E-state index in [0.717, 1.165) is 30.4 Å². The number of benzene rings is 1. The summed E-state index contributed by atoms with van der Waals surface area (Å²) in [5, 5.41) is 7.79. The zero-order valence-corrected chi connectivity index (χ0v) is 39.4. The van der Waals surface area contributed by atoms with Crippen molar-refractivity contribution < 1.29 is 51.0 Å². The van der Waals surface area contributed by atoms with E-state index in [9.17, 15) is 36.8 Å². The molecular formula is C42H47ClFN13O10S. The molecule has 6 amide bonds. The first-order valence-electron chi connectivity index (χ1n) is 20.5. The van der Waals surface area contributed by atoms with Crippen LogP contribution in [0.2, 0.25) is 5.28 Å². The third kappa shape index (κ3) is 12.4. The predicted octanol–water partition coefficient (Wildman–Crippen LogP) is 3.81. The molecule has 0 bridgehead atoms. The average Bonchev–Trinajstić information content (AvgIpc) is 3.54. The number of rotatable bonds is 12. The van der Waals surface area contributed by atoms with E-state index < -0.39 is 44.6 Å². The molecule has 0 saturated carbocycles. The van der Waals surface area contributed by atoms with Crippen LogP contribution in [0.4, 0.5) is 38.4 Å². The number of aromatic nitrogens is 6. The minimum absolute atomic E-state index is 0.0170. The summed E-state index contributed by atoms with van der Waals surface area (Å²) < 4.78 is 56.6. The molecule has 360 valence electrons. The van der Waals surface area contributed by atoms with Crippen LogP contribution >= 0.6 is 11.6 Å². The van der Waals surface area contributed by atoms with Crippen LogP contribution in [0.1, 0.15) is 56.8 Å². The maximum Gasteiger partial charge on any atom is 0.335 e. The SMILES string of the molecule is C#CCN1C(=O)COc2cc(F)c(N3C(=O)C4=C(CCCC4)C3=O)cc21.CCNc1nc(Cl)nc(NC(C)C)n1.COc1cc(OC)nc(NC(=O)NS(=O)(=O)c2ncccc2C(=O)N(C)C)n1. The molecule has 0 atom stereocenters. The molecule has 68 heavy (non-hydrogen) atoms. The van der Waals surface area contributed by atoms with E-state index in [4.69, 9.17) is 32.2 Å². The molecule has 23 nitrogen and oxygen atoms in total. The molecule has 3 aliphatic rings. The molecule has 3 aromatic heterocycles. The summed E-state index contributed by atoms with van der Waals surface area (Å²) in [6, 6.07) is 5.54. The number of nitrogens with one attached hydrogen (secondary N) is 4. The van der Waals surface area contributed by atoms with Crippen molar-refractivity contribution in [3.63, 3.8) is 0 Å². The Labute approximate surface area is 395 Å². The Morgan fingerprint density at radius 1 is 0.956 bits per heavy atom. The molecule has 4 N–H and O–H groups in total. The zero-order chi connectivity index (χ0) is 49.9. The number of urea groups is 1. The first-order valence-corrected chi connectivity index (χ1v) is 22.4. The Morgan fingerprint density at radius 2 is 1.59 bits per heavy atom. The fourth-order valence-corrected chi connectivity index (χ4v) is 7.69. The number of terminal acetylenes is 1. The van der Waals surface area contributed by atoms with Crippen molar-refractivity contribution in [2.24, 2.45) is 0 Å². The second-order valence-corrected chi connectivity index (χ2v) is 16.8. The van der Waals surface area contributed by atoms with E-state index in [2.05, 4.69) is 51.8 Å². The average molecular weight is 980 g/mol. The fourth-order valence-electron chi connectivity index (χ4n) is 6.49. The van der Waals surface area contributed by atoms with Gasteiger partial charge in [0.15, 0.2) is 17.5 Å².